The average molecular weight is 385 g/mol. The third-order valence-electron chi connectivity index (χ3n) is 7.88. The summed E-state index contributed by atoms with van der Waals surface area (Å²) < 4.78 is 6.01. The molecular formula is C27H44O. The van der Waals surface area contributed by atoms with Crippen molar-refractivity contribution in [3.05, 3.63) is 29.8 Å². The maximum absolute atomic E-state index is 6.01. The SMILES string of the molecule is CC[C@H]1CC[C@H](CCCOc2ccc(CC[C@H]3CC[C@H](CC)CC3)cc2)CC1. The van der Waals surface area contributed by atoms with Gasteiger partial charge in [-0.15, -0.1) is 0 Å². The van der Waals surface area contributed by atoms with E-state index in [-0.39, 0.29) is 0 Å². The smallest absolute Gasteiger partial charge is 0.119 e. The molecule has 158 valence electrons. The number of aryl methyl sites for hydroxylation is 1. The molecule has 28 heavy (non-hydrogen) atoms. The van der Waals surface area contributed by atoms with E-state index in [1.807, 2.05) is 0 Å². The zero-order chi connectivity index (χ0) is 19.6. The molecule has 1 nitrogen and oxygen atoms in total. The van der Waals surface area contributed by atoms with Gasteiger partial charge in [-0.25, -0.2) is 0 Å². The number of benzene rings is 1. The van der Waals surface area contributed by atoms with Crippen LogP contribution in [0, 0.1) is 23.7 Å². The van der Waals surface area contributed by atoms with Gasteiger partial charge in [0.05, 0.1) is 6.61 Å². The van der Waals surface area contributed by atoms with E-state index < -0.39 is 0 Å². The maximum atomic E-state index is 6.01. The molecule has 0 bridgehead atoms. The van der Waals surface area contributed by atoms with Crippen LogP contribution in [0.1, 0.15) is 103 Å². The number of hydrogen-bond donors (Lipinski definition) is 0. The highest BCUT2D eigenvalue weighted by Gasteiger charge is 2.20. The monoisotopic (exact) mass is 384 g/mol. The standard InChI is InChI=1S/C27H44O/c1-3-22-7-11-24(12-8-22)6-5-21-28-27-19-17-26(18-20-27)16-15-25-13-9-23(4-2)10-14-25/h17-20,22-25H,3-16,21H2,1-2H3/t22-,23-,24-,25-. The highest BCUT2D eigenvalue weighted by Crippen LogP contribution is 2.34. The highest BCUT2D eigenvalue weighted by molar-refractivity contribution is 5.27. The molecule has 2 fully saturated rings. The van der Waals surface area contributed by atoms with Gasteiger partial charge in [0.15, 0.2) is 0 Å². The van der Waals surface area contributed by atoms with Gasteiger partial charge < -0.3 is 4.74 Å². The van der Waals surface area contributed by atoms with E-state index >= 15 is 0 Å². The Hall–Kier alpha value is -0.980. The van der Waals surface area contributed by atoms with Crippen molar-refractivity contribution in [2.45, 2.75) is 104 Å². The van der Waals surface area contributed by atoms with E-state index in [0.717, 1.165) is 36.0 Å². The Bertz CT molecular complexity index is 518. The van der Waals surface area contributed by atoms with Crippen molar-refractivity contribution in [1.82, 2.24) is 0 Å². The van der Waals surface area contributed by atoms with Crippen molar-refractivity contribution < 1.29 is 4.74 Å². The molecule has 0 atom stereocenters. The first kappa shape index (κ1) is 21.7. The van der Waals surface area contributed by atoms with E-state index in [9.17, 15) is 0 Å². The first-order valence-corrected chi connectivity index (χ1v) is 12.5. The summed E-state index contributed by atoms with van der Waals surface area (Å²) in [6, 6.07) is 8.96. The van der Waals surface area contributed by atoms with Gasteiger partial charge in [-0.3, -0.25) is 0 Å². The predicted molar refractivity (Wildman–Crippen MR) is 121 cm³/mol. The predicted octanol–water partition coefficient (Wildman–Crippen LogP) is 8.21. The molecule has 0 radical (unpaired) electrons. The van der Waals surface area contributed by atoms with E-state index in [1.54, 1.807) is 0 Å². The van der Waals surface area contributed by atoms with Crippen molar-refractivity contribution in [2.75, 3.05) is 6.61 Å². The van der Waals surface area contributed by atoms with Crippen LogP contribution >= 0.6 is 0 Å². The molecule has 0 aromatic heterocycles. The summed E-state index contributed by atoms with van der Waals surface area (Å²) in [6.45, 7) is 5.58. The van der Waals surface area contributed by atoms with Gasteiger partial charge in [0.2, 0.25) is 0 Å². The Morgan fingerprint density at radius 2 is 1.18 bits per heavy atom. The molecule has 0 aliphatic heterocycles. The lowest BCUT2D eigenvalue weighted by molar-refractivity contribution is 0.234. The molecule has 0 saturated heterocycles. The molecular weight excluding hydrogens is 340 g/mol. The van der Waals surface area contributed by atoms with Gasteiger partial charge in [0.1, 0.15) is 5.75 Å². The lowest BCUT2D eigenvalue weighted by Crippen LogP contribution is -2.14. The summed E-state index contributed by atoms with van der Waals surface area (Å²) in [7, 11) is 0. The molecule has 0 unspecified atom stereocenters. The van der Waals surface area contributed by atoms with Crippen LogP contribution in [-0.2, 0) is 6.42 Å². The molecule has 1 heteroatoms. The van der Waals surface area contributed by atoms with Crippen molar-refractivity contribution in [2.24, 2.45) is 23.7 Å². The highest BCUT2D eigenvalue weighted by atomic mass is 16.5. The van der Waals surface area contributed by atoms with Crippen LogP contribution in [0.25, 0.3) is 0 Å². The summed E-state index contributed by atoms with van der Waals surface area (Å²) in [4.78, 5) is 0. The maximum Gasteiger partial charge on any atom is 0.119 e. The third kappa shape index (κ3) is 7.12. The van der Waals surface area contributed by atoms with Crippen LogP contribution in [0.4, 0.5) is 0 Å². The van der Waals surface area contributed by atoms with Crippen LogP contribution in [-0.4, -0.2) is 6.61 Å². The fourth-order valence-electron chi connectivity index (χ4n) is 5.54. The third-order valence-corrected chi connectivity index (χ3v) is 7.88. The second kappa shape index (κ2) is 11.9. The van der Waals surface area contributed by atoms with Crippen LogP contribution in [0.2, 0.25) is 0 Å². The molecule has 2 saturated carbocycles. The summed E-state index contributed by atoms with van der Waals surface area (Å²) in [5.41, 5.74) is 1.48. The van der Waals surface area contributed by atoms with Gasteiger partial charge in [0, 0.05) is 0 Å². The molecule has 0 spiro atoms. The Kier molecular flexibility index (Phi) is 9.22. The van der Waals surface area contributed by atoms with Crippen molar-refractivity contribution in [3.63, 3.8) is 0 Å². The zero-order valence-electron chi connectivity index (χ0n) is 18.6. The second-order valence-electron chi connectivity index (χ2n) is 9.76. The second-order valence-corrected chi connectivity index (χ2v) is 9.76. The minimum absolute atomic E-state index is 0.883. The van der Waals surface area contributed by atoms with E-state index in [2.05, 4.69) is 38.1 Å². The molecule has 0 amide bonds. The Morgan fingerprint density at radius 3 is 1.71 bits per heavy atom. The van der Waals surface area contributed by atoms with E-state index in [1.165, 1.54) is 95.5 Å². The number of ether oxygens (including phenoxy) is 1. The van der Waals surface area contributed by atoms with Gasteiger partial charge in [-0.2, -0.15) is 0 Å². The fourth-order valence-corrected chi connectivity index (χ4v) is 5.54. The van der Waals surface area contributed by atoms with Gasteiger partial charge in [-0.05, 0) is 67.1 Å². The molecule has 2 aliphatic carbocycles. The molecule has 0 heterocycles. The molecule has 0 N–H and O–H groups in total. The minimum Gasteiger partial charge on any atom is -0.494 e. The van der Waals surface area contributed by atoms with Crippen molar-refractivity contribution >= 4 is 0 Å². The van der Waals surface area contributed by atoms with E-state index in [0.29, 0.717) is 0 Å². The average Bonchev–Trinajstić information content (AvgIpc) is 2.77. The summed E-state index contributed by atoms with van der Waals surface area (Å²) in [5.74, 6) is 5.01. The lowest BCUT2D eigenvalue weighted by atomic mass is 9.78. The Balaban J connectivity index is 1.27. The zero-order valence-corrected chi connectivity index (χ0v) is 18.6. The minimum atomic E-state index is 0.883. The largest absolute Gasteiger partial charge is 0.494 e. The normalized spacial score (nSPS) is 28.2. The van der Waals surface area contributed by atoms with Crippen molar-refractivity contribution in [3.8, 4) is 5.75 Å². The molecule has 2 aliphatic rings. The number of rotatable bonds is 10. The summed E-state index contributed by atoms with van der Waals surface area (Å²) >= 11 is 0. The first-order valence-electron chi connectivity index (χ1n) is 12.5. The van der Waals surface area contributed by atoms with Gasteiger partial charge in [-0.1, -0.05) is 90.2 Å². The lowest BCUT2D eigenvalue weighted by Gasteiger charge is -2.27. The first-order chi connectivity index (χ1) is 13.8. The van der Waals surface area contributed by atoms with Crippen LogP contribution in [0.15, 0.2) is 24.3 Å². The Labute approximate surface area is 174 Å². The summed E-state index contributed by atoms with van der Waals surface area (Å²) in [5, 5.41) is 0. The molecule has 1 aromatic carbocycles. The fraction of sp³-hybridized carbons (Fsp3) is 0.778. The van der Waals surface area contributed by atoms with Crippen molar-refractivity contribution in [1.29, 1.82) is 0 Å². The van der Waals surface area contributed by atoms with E-state index in [4.69, 9.17) is 4.74 Å². The van der Waals surface area contributed by atoms with Crippen LogP contribution < -0.4 is 4.74 Å². The van der Waals surface area contributed by atoms with Crippen LogP contribution in [0.5, 0.6) is 5.75 Å². The van der Waals surface area contributed by atoms with Gasteiger partial charge >= 0.3 is 0 Å². The summed E-state index contributed by atoms with van der Waals surface area (Å²) in [6.07, 6.45) is 19.6. The molecule has 3 rings (SSSR count). The quantitative estimate of drug-likeness (QED) is 0.369. The van der Waals surface area contributed by atoms with Gasteiger partial charge in [0.25, 0.3) is 0 Å². The topological polar surface area (TPSA) is 9.23 Å². The number of hydrogen-bond acceptors (Lipinski definition) is 1. The molecule has 1 aromatic rings. The van der Waals surface area contributed by atoms with Crippen LogP contribution in [0.3, 0.4) is 0 Å². The Morgan fingerprint density at radius 1 is 0.679 bits per heavy atom.